The van der Waals surface area contributed by atoms with Crippen LogP contribution in [0.5, 0.6) is 0 Å². The lowest BCUT2D eigenvalue weighted by Gasteiger charge is -2.12. The van der Waals surface area contributed by atoms with Gasteiger partial charge >= 0.3 is 6.18 Å². The second-order valence-electron chi connectivity index (χ2n) is 3.61. The first-order valence-electron chi connectivity index (χ1n) is 4.81. The number of rotatable bonds is 1. The normalized spacial score (nSPS) is 11.8. The zero-order valence-electron chi connectivity index (χ0n) is 8.81. The van der Waals surface area contributed by atoms with Crippen LogP contribution in [0.25, 0.3) is 11.3 Å². The molecule has 1 aromatic heterocycles. The van der Waals surface area contributed by atoms with Crippen LogP contribution < -0.4 is 0 Å². The number of halogens is 4. The largest absolute Gasteiger partial charge is 0.464 e. The smallest absolute Gasteiger partial charge is 0.416 e. The topological polar surface area (TPSA) is 13.1 Å². The Kier molecular flexibility index (Phi) is 3.03. The molecule has 1 heterocycles. The molecule has 2 aromatic rings. The lowest BCUT2D eigenvalue weighted by atomic mass is 10.0. The van der Waals surface area contributed by atoms with Crippen LogP contribution in [-0.4, -0.2) is 0 Å². The molecule has 0 atom stereocenters. The first kappa shape index (κ1) is 12.2. The van der Waals surface area contributed by atoms with E-state index in [0.717, 1.165) is 12.1 Å². The summed E-state index contributed by atoms with van der Waals surface area (Å²) in [6.45, 7) is 1.74. The Balaban J connectivity index is 2.64. The third-order valence-corrected chi connectivity index (χ3v) is 3.28. The summed E-state index contributed by atoms with van der Waals surface area (Å²) in [6.07, 6.45) is -2.93. The van der Waals surface area contributed by atoms with Crippen molar-refractivity contribution in [3.05, 3.63) is 46.1 Å². The molecule has 0 bridgehead atoms. The summed E-state index contributed by atoms with van der Waals surface area (Å²) in [7, 11) is 0. The lowest BCUT2D eigenvalue weighted by molar-refractivity contribution is -0.137. The van der Waals surface area contributed by atoms with Crippen LogP contribution in [0.2, 0.25) is 0 Å². The Hall–Kier alpha value is -1.23. The van der Waals surface area contributed by atoms with Gasteiger partial charge in [0.15, 0.2) is 0 Å². The Morgan fingerprint density at radius 2 is 1.94 bits per heavy atom. The van der Waals surface area contributed by atoms with Gasteiger partial charge in [0.2, 0.25) is 0 Å². The molecule has 0 aliphatic carbocycles. The summed E-state index contributed by atoms with van der Waals surface area (Å²) in [5, 5.41) is 0. The molecule has 0 unspecified atom stereocenters. The van der Waals surface area contributed by atoms with E-state index in [9.17, 15) is 13.2 Å². The fourth-order valence-electron chi connectivity index (χ4n) is 1.53. The number of alkyl halides is 3. The maximum atomic E-state index is 12.7. The second kappa shape index (κ2) is 4.22. The highest BCUT2D eigenvalue weighted by molar-refractivity contribution is 9.10. The van der Waals surface area contributed by atoms with Gasteiger partial charge in [0, 0.05) is 10.0 Å². The van der Waals surface area contributed by atoms with Crippen LogP contribution in [0.15, 0.2) is 39.4 Å². The summed E-state index contributed by atoms with van der Waals surface area (Å²) >= 11 is 3.13. The Bertz CT molecular complexity index is 529. The van der Waals surface area contributed by atoms with Crippen LogP contribution in [0.3, 0.4) is 0 Å². The molecule has 17 heavy (non-hydrogen) atoms. The summed E-state index contributed by atoms with van der Waals surface area (Å²) < 4.78 is 43.6. The Labute approximate surface area is 104 Å². The summed E-state index contributed by atoms with van der Waals surface area (Å²) in [5.74, 6) is 0.425. The highest BCUT2D eigenvalue weighted by Gasteiger charge is 2.32. The van der Waals surface area contributed by atoms with E-state index in [1.165, 1.54) is 6.26 Å². The molecular formula is C12H8BrF3O. The van der Waals surface area contributed by atoms with Crippen LogP contribution >= 0.6 is 15.9 Å². The molecule has 1 nitrogen and oxygen atoms in total. The molecule has 0 amide bonds. The van der Waals surface area contributed by atoms with E-state index in [1.54, 1.807) is 19.1 Å². The fourth-order valence-corrected chi connectivity index (χ4v) is 1.99. The third kappa shape index (κ3) is 2.39. The first-order chi connectivity index (χ1) is 7.89. The standard InChI is InChI=1S/C12H8BrF3O/c1-7-9(11-3-2-4-17-11)5-8(6-10(7)13)12(14,15)16/h2-6H,1H3. The van der Waals surface area contributed by atoms with E-state index in [4.69, 9.17) is 4.42 Å². The number of benzene rings is 1. The molecule has 0 aliphatic heterocycles. The molecule has 5 heteroatoms. The maximum absolute atomic E-state index is 12.7. The van der Waals surface area contributed by atoms with Crippen molar-refractivity contribution in [1.29, 1.82) is 0 Å². The van der Waals surface area contributed by atoms with Crippen molar-refractivity contribution in [2.45, 2.75) is 13.1 Å². The van der Waals surface area contributed by atoms with Gasteiger partial charge in [-0.3, -0.25) is 0 Å². The van der Waals surface area contributed by atoms with Crippen molar-refractivity contribution in [2.75, 3.05) is 0 Å². The van der Waals surface area contributed by atoms with Gasteiger partial charge in [0.25, 0.3) is 0 Å². The van der Waals surface area contributed by atoms with E-state index < -0.39 is 11.7 Å². The Morgan fingerprint density at radius 3 is 2.47 bits per heavy atom. The molecule has 0 saturated carbocycles. The number of hydrogen-bond donors (Lipinski definition) is 0. The van der Waals surface area contributed by atoms with Crippen molar-refractivity contribution in [2.24, 2.45) is 0 Å². The van der Waals surface area contributed by atoms with Gasteiger partial charge in [-0.05, 0) is 36.8 Å². The van der Waals surface area contributed by atoms with Gasteiger partial charge in [-0.15, -0.1) is 0 Å². The van der Waals surface area contributed by atoms with Gasteiger partial charge in [-0.2, -0.15) is 13.2 Å². The lowest BCUT2D eigenvalue weighted by Crippen LogP contribution is -2.05. The predicted molar refractivity (Wildman–Crippen MR) is 61.6 cm³/mol. The second-order valence-corrected chi connectivity index (χ2v) is 4.46. The van der Waals surface area contributed by atoms with Crippen LogP contribution in [0.1, 0.15) is 11.1 Å². The molecule has 0 spiro atoms. The average molecular weight is 305 g/mol. The minimum atomic E-state index is -4.36. The summed E-state index contributed by atoms with van der Waals surface area (Å²) in [6, 6.07) is 5.44. The molecule has 0 saturated heterocycles. The molecule has 1 aromatic carbocycles. The summed E-state index contributed by atoms with van der Waals surface area (Å²) in [5.41, 5.74) is 0.464. The molecule has 0 aliphatic rings. The minimum absolute atomic E-state index is 0.415. The fraction of sp³-hybridized carbons (Fsp3) is 0.167. The maximum Gasteiger partial charge on any atom is 0.416 e. The predicted octanol–water partition coefficient (Wildman–Crippen LogP) is 5.04. The zero-order chi connectivity index (χ0) is 12.6. The van der Waals surface area contributed by atoms with Crippen LogP contribution in [-0.2, 0) is 6.18 Å². The van der Waals surface area contributed by atoms with Crippen molar-refractivity contribution in [1.82, 2.24) is 0 Å². The van der Waals surface area contributed by atoms with Gasteiger partial charge in [-0.25, -0.2) is 0 Å². The number of furan rings is 1. The highest BCUT2D eigenvalue weighted by atomic mass is 79.9. The molecule has 0 radical (unpaired) electrons. The van der Waals surface area contributed by atoms with Gasteiger partial charge in [-0.1, -0.05) is 15.9 Å². The van der Waals surface area contributed by atoms with E-state index in [-0.39, 0.29) is 0 Å². The van der Waals surface area contributed by atoms with E-state index in [0.29, 0.717) is 21.4 Å². The highest BCUT2D eigenvalue weighted by Crippen LogP contribution is 2.37. The quantitative estimate of drug-likeness (QED) is 0.719. The zero-order valence-corrected chi connectivity index (χ0v) is 10.4. The van der Waals surface area contributed by atoms with E-state index in [2.05, 4.69) is 15.9 Å². The van der Waals surface area contributed by atoms with Crippen LogP contribution in [0.4, 0.5) is 13.2 Å². The molecule has 0 N–H and O–H groups in total. The SMILES string of the molecule is Cc1c(Br)cc(C(F)(F)F)cc1-c1ccco1. The number of hydrogen-bond acceptors (Lipinski definition) is 1. The first-order valence-corrected chi connectivity index (χ1v) is 5.60. The minimum Gasteiger partial charge on any atom is -0.464 e. The van der Waals surface area contributed by atoms with Crippen molar-refractivity contribution in [3.63, 3.8) is 0 Å². The van der Waals surface area contributed by atoms with E-state index >= 15 is 0 Å². The van der Waals surface area contributed by atoms with Crippen molar-refractivity contribution < 1.29 is 17.6 Å². The van der Waals surface area contributed by atoms with Crippen LogP contribution in [0, 0.1) is 6.92 Å². The monoisotopic (exact) mass is 304 g/mol. The van der Waals surface area contributed by atoms with Gasteiger partial charge in [0.1, 0.15) is 5.76 Å². The summed E-state index contributed by atoms with van der Waals surface area (Å²) in [4.78, 5) is 0. The van der Waals surface area contributed by atoms with E-state index in [1.807, 2.05) is 0 Å². The van der Waals surface area contributed by atoms with Gasteiger partial charge < -0.3 is 4.42 Å². The Morgan fingerprint density at radius 1 is 1.24 bits per heavy atom. The molecule has 2 rings (SSSR count). The van der Waals surface area contributed by atoms with Crippen molar-refractivity contribution >= 4 is 15.9 Å². The molecule has 0 fully saturated rings. The molecular weight excluding hydrogens is 297 g/mol. The van der Waals surface area contributed by atoms with Crippen molar-refractivity contribution in [3.8, 4) is 11.3 Å². The average Bonchev–Trinajstić information content (AvgIpc) is 2.73. The molecule has 90 valence electrons. The third-order valence-electron chi connectivity index (χ3n) is 2.46. The van der Waals surface area contributed by atoms with Gasteiger partial charge in [0.05, 0.1) is 11.8 Å².